The van der Waals surface area contributed by atoms with Crippen molar-refractivity contribution in [1.29, 1.82) is 0 Å². The van der Waals surface area contributed by atoms with Crippen molar-refractivity contribution in [3.63, 3.8) is 0 Å². The number of rotatable bonds is 9. The van der Waals surface area contributed by atoms with E-state index in [1.807, 2.05) is 32.0 Å². The molecule has 0 amide bonds. The van der Waals surface area contributed by atoms with Crippen molar-refractivity contribution in [3.05, 3.63) is 24.3 Å². The quantitative estimate of drug-likeness (QED) is 0.758. The Hall–Kier alpha value is -1.27. The molecule has 2 N–H and O–H groups in total. The number of benzene rings is 1. The molecule has 0 saturated carbocycles. The van der Waals surface area contributed by atoms with Crippen molar-refractivity contribution in [3.8, 4) is 11.5 Å². The molecule has 1 atom stereocenters. The molecule has 0 spiro atoms. The van der Waals surface area contributed by atoms with Crippen molar-refractivity contribution < 1.29 is 17.9 Å². The van der Waals surface area contributed by atoms with Crippen molar-refractivity contribution in [2.45, 2.75) is 26.7 Å². The summed E-state index contributed by atoms with van der Waals surface area (Å²) in [5.74, 6) is 1.27. The maximum absolute atomic E-state index is 11.2. The van der Waals surface area contributed by atoms with Crippen molar-refractivity contribution in [1.82, 2.24) is 0 Å². The van der Waals surface area contributed by atoms with Gasteiger partial charge >= 0.3 is 0 Å². The minimum Gasteiger partial charge on any atom is -0.494 e. The van der Waals surface area contributed by atoms with Gasteiger partial charge in [0.15, 0.2) is 0 Å². The van der Waals surface area contributed by atoms with Gasteiger partial charge in [-0.1, -0.05) is 19.4 Å². The van der Waals surface area contributed by atoms with Crippen LogP contribution in [0.5, 0.6) is 11.5 Å². The smallest absolute Gasteiger partial charge is 0.209 e. The van der Waals surface area contributed by atoms with E-state index >= 15 is 0 Å². The SMILES string of the molecule is CCCC(COc1cccc(OCC)c1)CS(N)(=O)=O. The van der Waals surface area contributed by atoms with Gasteiger partial charge in [0.2, 0.25) is 10.0 Å². The Morgan fingerprint density at radius 1 is 1.20 bits per heavy atom. The highest BCUT2D eigenvalue weighted by Gasteiger charge is 2.16. The third-order valence-electron chi connectivity index (χ3n) is 2.77. The summed E-state index contributed by atoms with van der Waals surface area (Å²) in [6, 6.07) is 7.31. The topological polar surface area (TPSA) is 78.6 Å². The Balaban J connectivity index is 2.60. The predicted octanol–water partition coefficient (Wildman–Crippen LogP) is 2.17. The summed E-state index contributed by atoms with van der Waals surface area (Å²) in [6.07, 6.45) is 1.66. The highest BCUT2D eigenvalue weighted by molar-refractivity contribution is 7.89. The minimum atomic E-state index is -3.47. The molecule has 0 saturated heterocycles. The van der Waals surface area contributed by atoms with Crippen LogP contribution in [0.4, 0.5) is 0 Å². The fourth-order valence-electron chi connectivity index (χ4n) is 1.99. The van der Waals surface area contributed by atoms with Gasteiger partial charge in [0.1, 0.15) is 11.5 Å². The second kappa shape index (κ2) is 8.11. The second-order valence-electron chi connectivity index (χ2n) is 4.70. The van der Waals surface area contributed by atoms with Crippen LogP contribution < -0.4 is 14.6 Å². The van der Waals surface area contributed by atoms with Gasteiger partial charge in [0.25, 0.3) is 0 Å². The first kappa shape index (κ1) is 16.8. The maximum atomic E-state index is 11.2. The number of primary sulfonamides is 1. The number of hydrogen-bond acceptors (Lipinski definition) is 4. The van der Waals surface area contributed by atoms with Gasteiger partial charge in [-0.2, -0.15) is 0 Å². The van der Waals surface area contributed by atoms with Crippen LogP contribution in [-0.4, -0.2) is 27.4 Å². The molecule has 0 radical (unpaired) electrons. The molecule has 0 heterocycles. The Morgan fingerprint density at radius 2 is 1.85 bits per heavy atom. The first-order valence-electron chi connectivity index (χ1n) is 6.80. The van der Waals surface area contributed by atoms with Gasteiger partial charge in [-0.3, -0.25) is 0 Å². The molecule has 0 bridgehead atoms. The number of ether oxygens (including phenoxy) is 2. The molecule has 1 aromatic carbocycles. The molecule has 6 heteroatoms. The summed E-state index contributed by atoms with van der Waals surface area (Å²) < 4.78 is 33.4. The van der Waals surface area contributed by atoms with Crippen molar-refractivity contribution in [2.75, 3.05) is 19.0 Å². The molecule has 114 valence electrons. The molecular weight excluding hydrogens is 278 g/mol. The lowest BCUT2D eigenvalue weighted by molar-refractivity contribution is 0.250. The molecule has 5 nitrogen and oxygen atoms in total. The van der Waals surface area contributed by atoms with Gasteiger partial charge in [0, 0.05) is 12.0 Å². The highest BCUT2D eigenvalue weighted by atomic mass is 32.2. The van der Waals surface area contributed by atoms with Crippen LogP contribution in [0.3, 0.4) is 0 Å². The van der Waals surface area contributed by atoms with Crippen LogP contribution in [0.15, 0.2) is 24.3 Å². The lowest BCUT2D eigenvalue weighted by atomic mass is 10.1. The Bertz CT molecular complexity index is 502. The summed E-state index contributed by atoms with van der Waals surface area (Å²) in [4.78, 5) is 0. The number of nitrogens with two attached hydrogens (primary N) is 1. The van der Waals surface area contributed by atoms with Crippen LogP contribution in [-0.2, 0) is 10.0 Å². The summed E-state index contributed by atoms with van der Waals surface area (Å²) in [5, 5.41) is 5.10. The van der Waals surface area contributed by atoms with Gasteiger partial charge < -0.3 is 9.47 Å². The fraction of sp³-hybridized carbons (Fsp3) is 0.571. The van der Waals surface area contributed by atoms with Crippen LogP contribution >= 0.6 is 0 Å². The molecule has 0 aliphatic carbocycles. The van der Waals surface area contributed by atoms with Crippen LogP contribution in [0.2, 0.25) is 0 Å². The van der Waals surface area contributed by atoms with E-state index in [0.717, 1.165) is 18.6 Å². The Morgan fingerprint density at radius 3 is 2.40 bits per heavy atom. The van der Waals surface area contributed by atoms with Crippen LogP contribution in [0.1, 0.15) is 26.7 Å². The summed E-state index contributed by atoms with van der Waals surface area (Å²) in [7, 11) is -3.47. The van der Waals surface area contributed by atoms with E-state index in [-0.39, 0.29) is 11.7 Å². The molecule has 0 aliphatic rings. The van der Waals surface area contributed by atoms with Gasteiger partial charge in [-0.05, 0) is 25.5 Å². The largest absolute Gasteiger partial charge is 0.494 e. The average Bonchev–Trinajstić information content (AvgIpc) is 2.35. The Labute approximate surface area is 121 Å². The third kappa shape index (κ3) is 6.77. The zero-order chi connectivity index (χ0) is 15.0. The van der Waals surface area contributed by atoms with E-state index in [0.29, 0.717) is 19.0 Å². The van der Waals surface area contributed by atoms with E-state index in [2.05, 4.69) is 0 Å². The first-order valence-corrected chi connectivity index (χ1v) is 8.52. The number of hydrogen-bond donors (Lipinski definition) is 1. The van der Waals surface area contributed by atoms with Crippen LogP contribution in [0, 0.1) is 5.92 Å². The van der Waals surface area contributed by atoms with Gasteiger partial charge in [-0.15, -0.1) is 0 Å². The molecule has 0 aliphatic heterocycles. The molecule has 1 unspecified atom stereocenters. The average molecular weight is 301 g/mol. The van der Waals surface area contributed by atoms with E-state index in [1.165, 1.54) is 0 Å². The Kier molecular flexibility index (Phi) is 6.81. The zero-order valence-corrected chi connectivity index (χ0v) is 12.9. The van der Waals surface area contributed by atoms with Crippen molar-refractivity contribution >= 4 is 10.0 Å². The predicted molar refractivity (Wildman–Crippen MR) is 79.5 cm³/mol. The maximum Gasteiger partial charge on any atom is 0.209 e. The van der Waals surface area contributed by atoms with E-state index in [1.54, 1.807) is 6.07 Å². The lowest BCUT2D eigenvalue weighted by Crippen LogP contribution is -2.26. The highest BCUT2D eigenvalue weighted by Crippen LogP contribution is 2.20. The first-order chi connectivity index (χ1) is 9.44. The number of sulfonamides is 1. The monoisotopic (exact) mass is 301 g/mol. The molecule has 20 heavy (non-hydrogen) atoms. The summed E-state index contributed by atoms with van der Waals surface area (Å²) in [6.45, 7) is 4.84. The van der Waals surface area contributed by atoms with Crippen LogP contribution in [0.25, 0.3) is 0 Å². The molecule has 0 aromatic heterocycles. The normalized spacial score (nSPS) is 12.9. The molecular formula is C14H23NO4S. The lowest BCUT2D eigenvalue weighted by Gasteiger charge is -2.16. The third-order valence-corrected chi connectivity index (χ3v) is 3.70. The fourth-order valence-corrected chi connectivity index (χ4v) is 2.91. The van der Waals surface area contributed by atoms with E-state index < -0.39 is 10.0 Å². The van der Waals surface area contributed by atoms with Gasteiger partial charge in [-0.25, -0.2) is 13.6 Å². The summed E-state index contributed by atoms with van der Waals surface area (Å²) in [5.41, 5.74) is 0. The van der Waals surface area contributed by atoms with Crippen molar-refractivity contribution in [2.24, 2.45) is 11.1 Å². The molecule has 0 fully saturated rings. The van der Waals surface area contributed by atoms with E-state index in [4.69, 9.17) is 14.6 Å². The van der Waals surface area contributed by atoms with Gasteiger partial charge in [0.05, 0.1) is 19.0 Å². The molecule has 1 aromatic rings. The minimum absolute atomic E-state index is 0.0496. The summed E-state index contributed by atoms with van der Waals surface area (Å²) >= 11 is 0. The molecule has 1 rings (SSSR count). The van der Waals surface area contributed by atoms with E-state index in [9.17, 15) is 8.42 Å². The zero-order valence-electron chi connectivity index (χ0n) is 12.0. The standard InChI is InChI=1S/C14H23NO4S/c1-3-6-12(11-20(15,16)17)10-19-14-8-5-7-13(9-14)18-4-2/h5,7-9,12H,3-4,6,10-11H2,1-2H3,(H2,15,16,17). The second-order valence-corrected chi connectivity index (χ2v) is 6.36.